The molecule has 0 saturated carbocycles. The molecule has 8 bridgehead atoms. The minimum atomic E-state index is 0.280. The van der Waals surface area contributed by atoms with Crippen molar-refractivity contribution in [2.45, 2.75) is 310 Å². The number of hydrogen-bond donors (Lipinski definition) is 4. The van der Waals surface area contributed by atoms with Crippen molar-refractivity contribution in [1.82, 2.24) is 0 Å². The summed E-state index contributed by atoms with van der Waals surface area (Å²) in [6.07, 6.45) is 51.4. The highest BCUT2D eigenvalue weighted by Gasteiger charge is 2.22. The Morgan fingerprint density at radius 3 is 0.487 bits per heavy atom. The maximum absolute atomic E-state index is 12.4. The summed E-state index contributed by atoms with van der Waals surface area (Å²) < 4.78 is 0. The summed E-state index contributed by atoms with van der Waals surface area (Å²) in [5.74, 6) is 1.12. The summed E-state index contributed by atoms with van der Waals surface area (Å²) in [4.78, 5) is 0. The minimum Gasteiger partial charge on any atom is -0.507 e. The largest absolute Gasteiger partial charge is 0.507 e. The SMILES string of the molecule is CCCCCCCCCCCc1cc2c(O)c(c1)Cc1cc(CCCCCCCCCCC)cc(c1O)Cc1cc(CCCCCCCCCCC)cc(c1O)Cc1cc(CCCCCCCCCCC)cc(c1O)C2. The maximum Gasteiger partial charge on any atom is 0.122 e. The summed E-state index contributed by atoms with van der Waals surface area (Å²) in [6, 6.07) is 17.7. The van der Waals surface area contributed by atoms with Crippen molar-refractivity contribution >= 4 is 0 Å². The van der Waals surface area contributed by atoms with Crippen LogP contribution in [0.15, 0.2) is 48.5 Å². The van der Waals surface area contributed by atoms with E-state index < -0.39 is 0 Å². The fourth-order valence-corrected chi connectivity index (χ4v) is 12.4. The molecule has 0 atom stereocenters. The van der Waals surface area contributed by atoms with Gasteiger partial charge in [0.1, 0.15) is 23.0 Å². The molecule has 4 nitrogen and oxygen atoms in total. The molecule has 5 rings (SSSR count). The van der Waals surface area contributed by atoms with E-state index in [4.69, 9.17) is 0 Å². The molecule has 4 aromatic rings. The molecule has 0 aromatic heterocycles. The molecule has 76 heavy (non-hydrogen) atoms. The topological polar surface area (TPSA) is 80.9 Å². The maximum atomic E-state index is 12.4. The van der Waals surface area contributed by atoms with E-state index >= 15 is 0 Å². The Hall–Kier alpha value is -3.92. The van der Waals surface area contributed by atoms with Gasteiger partial charge in [0.2, 0.25) is 0 Å². The Morgan fingerprint density at radius 2 is 0.342 bits per heavy atom. The van der Waals surface area contributed by atoms with Crippen molar-refractivity contribution in [2.24, 2.45) is 0 Å². The van der Waals surface area contributed by atoms with Crippen LogP contribution in [0.25, 0.3) is 0 Å². The first-order chi connectivity index (χ1) is 37.2. The second kappa shape index (κ2) is 37.8. The predicted molar refractivity (Wildman–Crippen MR) is 327 cm³/mol. The van der Waals surface area contributed by atoms with Crippen LogP contribution in [0.1, 0.15) is 326 Å². The Balaban J connectivity index is 1.50. The van der Waals surface area contributed by atoms with E-state index in [1.165, 1.54) is 228 Å². The molecule has 1 aliphatic carbocycles. The Morgan fingerprint density at radius 1 is 0.211 bits per heavy atom. The molecule has 0 heterocycles. The zero-order valence-electron chi connectivity index (χ0n) is 49.5. The third-order valence-corrected chi connectivity index (χ3v) is 17.1. The number of hydrogen-bond acceptors (Lipinski definition) is 4. The van der Waals surface area contributed by atoms with Crippen LogP contribution in [0.5, 0.6) is 23.0 Å². The molecule has 4 heteroatoms. The van der Waals surface area contributed by atoms with E-state index in [1.54, 1.807) is 0 Å². The number of phenols is 4. The average Bonchev–Trinajstić information content (AvgIpc) is 3.41. The lowest BCUT2D eigenvalue weighted by Crippen LogP contribution is -2.05. The van der Waals surface area contributed by atoms with Crippen LogP contribution in [-0.2, 0) is 51.4 Å². The van der Waals surface area contributed by atoms with E-state index in [-0.39, 0.29) is 23.0 Å². The minimum absolute atomic E-state index is 0.280. The normalized spacial score (nSPS) is 12.5. The van der Waals surface area contributed by atoms with Gasteiger partial charge in [0.25, 0.3) is 0 Å². The molecule has 0 aliphatic heterocycles. The van der Waals surface area contributed by atoms with Crippen molar-refractivity contribution in [1.29, 1.82) is 0 Å². The number of unbranched alkanes of at least 4 members (excludes halogenated alkanes) is 32. The Kier molecular flexibility index (Phi) is 31.3. The van der Waals surface area contributed by atoms with Crippen LogP contribution in [0, 0.1) is 0 Å². The molecule has 424 valence electrons. The second-order valence-corrected chi connectivity index (χ2v) is 24.1. The number of aryl methyl sites for hydroxylation is 4. The van der Waals surface area contributed by atoms with E-state index in [0.29, 0.717) is 25.7 Å². The van der Waals surface area contributed by atoms with Gasteiger partial charge in [0.15, 0.2) is 0 Å². The van der Waals surface area contributed by atoms with Gasteiger partial charge >= 0.3 is 0 Å². The Labute approximate surface area is 466 Å². The van der Waals surface area contributed by atoms with Crippen molar-refractivity contribution in [3.8, 4) is 23.0 Å². The number of aromatic hydroxyl groups is 4. The van der Waals surface area contributed by atoms with Gasteiger partial charge in [-0.05, 0) is 118 Å². The van der Waals surface area contributed by atoms with E-state index in [0.717, 1.165) is 95.9 Å². The first-order valence-electron chi connectivity index (χ1n) is 32.6. The number of benzene rings is 4. The number of phenolic OH excluding ortho intramolecular Hbond substituents is 4. The van der Waals surface area contributed by atoms with E-state index in [2.05, 4.69) is 76.2 Å². The third kappa shape index (κ3) is 23.2. The van der Waals surface area contributed by atoms with Crippen LogP contribution < -0.4 is 0 Å². The first kappa shape index (κ1) is 62.9. The van der Waals surface area contributed by atoms with Gasteiger partial charge in [-0.25, -0.2) is 0 Å². The Bertz CT molecular complexity index is 1800. The summed E-state index contributed by atoms with van der Waals surface area (Å²) in [6.45, 7) is 9.13. The molecule has 0 radical (unpaired) electrons. The van der Waals surface area contributed by atoms with Gasteiger partial charge in [-0.2, -0.15) is 0 Å². The second-order valence-electron chi connectivity index (χ2n) is 24.1. The molecular weight excluding hydrogens is 929 g/mol. The van der Waals surface area contributed by atoms with E-state index in [1.807, 2.05) is 0 Å². The molecule has 4 N–H and O–H groups in total. The highest BCUT2D eigenvalue weighted by atomic mass is 16.3. The molecule has 0 amide bonds. The molecule has 4 aromatic carbocycles. The molecule has 0 saturated heterocycles. The van der Waals surface area contributed by atoms with Gasteiger partial charge in [-0.1, -0.05) is 282 Å². The highest BCUT2D eigenvalue weighted by molar-refractivity contribution is 5.57. The lowest BCUT2D eigenvalue weighted by Gasteiger charge is -2.20. The van der Waals surface area contributed by atoms with Gasteiger partial charge < -0.3 is 20.4 Å². The fraction of sp³-hybridized carbons (Fsp3) is 0.667. The monoisotopic (exact) mass is 1040 g/mol. The van der Waals surface area contributed by atoms with Crippen LogP contribution in [0.4, 0.5) is 0 Å². The van der Waals surface area contributed by atoms with Gasteiger partial charge in [-0.3, -0.25) is 0 Å². The summed E-state index contributed by atoms with van der Waals surface area (Å²) in [5, 5.41) is 49.7. The smallest absolute Gasteiger partial charge is 0.122 e. The van der Waals surface area contributed by atoms with Gasteiger partial charge in [-0.15, -0.1) is 0 Å². The van der Waals surface area contributed by atoms with Crippen molar-refractivity contribution < 1.29 is 20.4 Å². The zero-order valence-corrected chi connectivity index (χ0v) is 49.5. The molecule has 0 spiro atoms. The number of rotatable bonds is 40. The van der Waals surface area contributed by atoms with Crippen molar-refractivity contribution in [3.63, 3.8) is 0 Å². The standard InChI is InChI=1S/C72H112O4/c1-5-9-13-17-21-25-29-33-37-41-57-45-61-53-63-47-58(42-38-34-30-26-22-18-14-10-6-2)49-65(70(63)74)55-67-51-60(44-40-36-32-28-24-20-16-12-8-4)52-68(72(67)76)56-66-50-59(43-39-35-31-27-23-19-15-11-7-3)48-64(71(66)75)54-62(46-57)69(61)73/h45-52,73-76H,5-44,53-56H2,1-4H3. The third-order valence-electron chi connectivity index (χ3n) is 17.1. The van der Waals surface area contributed by atoms with E-state index in [9.17, 15) is 20.4 Å². The van der Waals surface area contributed by atoms with Gasteiger partial charge in [0, 0.05) is 25.7 Å². The number of fused-ring (bicyclic) bond motifs is 8. The fourth-order valence-electron chi connectivity index (χ4n) is 12.4. The first-order valence-corrected chi connectivity index (χ1v) is 32.6. The van der Waals surface area contributed by atoms with Crippen LogP contribution in [0.3, 0.4) is 0 Å². The molecule has 1 aliphatic rings. The summed E-state index contributed by atoms with van der Waals surface area (Å²) >= 11 is 0. The van der Waals surface area contributed by atoms with Crippen LogP contribution in [0.2, 0.25) is 0 Å². The van der Waals surface area contributed by atoms with Crippen LogP contribution >= 0.6 is 0 Å². The lowest BCUT2D eigenvalue weighted by atomic mass is 9.87. The quantitative estimate of drug-likeness (QED) is 0.0295. The molecular formula is C72H112O4. The van der Waals surface area contributed by atoms with Crippen molar-refractivity contribution in [2.75, 3.05) is 0 Å². The zero-order chi connectivity index (χ0) is 54.0. The lowest BCUT2D eigenvalue weighted by molar-refractivity contribution is 0.450. The molecule has 0 unspecified atom stereocenters. The molecule has 0 fully saturated rings. The summed E-state index contributed by atoms with van der Waals surface area (Å²) in [7, 11) is 0. The van der Waals surface area contributed by atoms with Gasteiger partial charge in [0.05, 0.1) is 0 Å². The average molecular weight is 1040 g/mol. The summed E-state index contributed by atoms with van der Waals surface area (Å²) in [5.41, 5.74) is 11.6. The predicted octanol–water partition coefficient (Wildman–Crippen LogP) is 21.5. The van der Waals surface area contributed by atoms with Crippen molar-refractivity contribution in [3.05, 3.63) is 115 Å². The highest BCUT2D eigenvalue weighted by Crippen LogP contribution is 2.40. The van der Waals surface area contributed by atoms with Crippen LogP contribution in [-0.4, -0.2) is 20.4 Å².